The van der Waals surface area contributed by atoms with E-state index < -0.39 is 0 Å². The molecule has 4 nitrogen and oxygen atoms in total. The first kappa shape index (κ1) is 16.0. The number of hydrogen-bond acceptors (Lipinski definition) is 4. The first-order valence-corrected chi connectivity index (χ1v) is 6.87. The lowest BCUT2D eigenvalue weighted by molar-refractivity contribution is -0.132. The summed E-state index contributed by atoms with van der Waals surface area (Å²) in [5.41, 5.74) is 1.29. The zero-order valence-electron chi connectivity index (χ0n) is 12.1. The van der Waals surface area contributed by atoms with Crippen LogP contribution in [0.2, 0.25) is 0 Å². The quantitative estimate of drug-likeness (QED) is 0.521. The van der Waals surface area contributed by atoms with Crippen molar-refractivity contribution in [2.75, 3.05) is 33.4 Å². The highest BCUT2D eigenvalue weighted by molar-refractivity contribution is 5.27. The third-order valence-electron chi connectivity index (χ3n) is 2.77. The maximum absolute atomic E-state index is 5.46. The molecule has 1 N–H and O–H groups in total. The summed E-state index contributed by atoms with van der Waals surface area (Å²) in [6.07, 6.45) is 0.834. The van der Waals surface area contributed by atoms with Crippen molar-refractivity contribution in [2.24, 2.45) is 0 Å². The summed E-state index contributed by atoms with van der Waals surface area (Å²) in [4.78, 5) is 0. The molecule has 0 atom stereocenters. The van der Waals surface area contributed by atoms with Gasteiger partial charge in [-0.3, -0.25) is 0 Å². The maximum atomic E-state index is 5.46. The first-order valence-electron chi connectivity index (χ1n) is 6.87. The van der Waals surface area contributed by atoms with Gasteiger partial charge in [0.05, 0.1) is 7.11 Å². The van der Waals surface area contributed by atoms with Crippen LogP contribution in [0.5, 0.6) is 5.75 Å². The maximum Gasteiger partial charge on any atom is 0.169 e. The molecule has 0 unspecified atom stereocenters. The molecular weight excluding hydrogens is 242 g/mol. The Labute approximate surface area is 116 Å². The molecule has 0 aliphatic carbocycles. The average molecular weight is 267 g/mol. The van der Waals surface area contributed by atoms with E-state index in [1.165, 1.54) is 5.56 Å². The Bertz CT molecular complexity index is 321. The van der Waals surface area contributed by atoms with Gasteiger partial charge in [-0.15, -0.1) is 0 Å². The first-order chi connectivity index (χ1) is 9.30. The Morgan fingerprint density at radius 2 is 1.68 bits per heavy atom. The molecule has 0 amide bonds. The Balaban J connectivity index is 2.21. The largest absolute Gasteiger partial charge is 0.497 e. The SMILES string of the molecule is CCOC(CNCCc1ccc(OC)cc1)OCC. The normalized spacial score (nSPS) is 10.9. The van der Waals surface area contributed by atoms with Crippen molar-refractivity contribution in [3.63, 3.8) is 0 Å². The van der Waals surface area contributed by atoms with Crippen LogP contribution in [-0.4, -0.2) is 39.7 Å². The Morgan fingerprint density at radius 3 is 2.21 bits per heavy atom. The Hall–Kier alpha value is -1.10. The monoisotopic (exact) mass is 267 g/mol. The van der Waals surface area contributed by atoms with Gasteiger partial charge in [-0.05, 0) is 44.5 Å². The van der Waals surface area contributed by atoms with Crippen molar-refractivity contribution in [1.82, 2.24) is 5.32 Å². The van der Waals surface area contributed by atoms with Crippen LogP contribution < -0.4 is 10.1 Å². The van der Waals surface area contributed by atoms with Crippen LogP contribution in [0.15, 0.2) is 24.3 Å². The number of methoxy groups -OCH3 is 1. The van der Waals surface area contributed by atoms with E-state index in [4.69, 9.17) is 14.2 Å². The van der Waals surface area contributed by atoms with Crippen molar-refractivity contribution in [3.8, 4) is 5.75 Å². The molecular formula is C15H25NO3. The molecule has 108 valence electrons. The van der Waals surface area contributed by atoms with Gasteiger partial charge in [-0.2, -0.15) is 0 Å². The summed E-state index contributed by atoms with van der Waals surface area (Å²) in [6.45, 7) is 6.92. The second-order valence-corrected chi connectivity index (χ2v) is 4.14. The van der Waals surface area contributed by atoms with Gasteiger partial charge >= 0.3 is 0 Å². The molecule has 0 bridgehead atoms. The van der Waals surface area contributed by atoms with E-state index in [1.54, 1.807) is 7.11 Å². The van der Waals surface area contributed by atoms with Crippen LogP contribution in [-0.2, 0) is 15.9 Å². The van der Waals surface area contributed by atoms with Gasteiger partial charge in [0.1, 0.15) is 5.75 Å². The lowest BCUT2D eigenvalue weighted by Gasteiger charge is -2.17. The molecule has 1 aromatic carbocycles. The van der Waals surface area contributed by atoms with E-state index in [0.717, 1.165) is 25.3 Å². The van der Waals surface area contributed by atoms with Crippen molar-refractivity contribution < 1.29 is 14.2 Å². The van der Waals surface area contributed by atoms with Gasteiger partial charge in [0, 0.05) is 19.8 Å². The molecule has 1 aromatic rings. The number of benzene rings is 1. The third-order valence-corrected chi connectivity index (χ3v) is 2.77. The van der Waals surface area contributed by atoms with Gasteiger partial charge in [0.2, 0.25) is 0 Å². The molecule has 0 aliphatic heterocycles. The number of rotatable bonds is 10. The molecule has 0 saturated carbocycles. The molecule has 0 spiro atoms. The third kappa shape index (κ3) is 6.57. The molecule has 0 heterocycles. The number of nitrogens with one attached hydrogen (secondary N) is 1. The van der Waals surface area contributed by atoms with Gasteiger partial charge in [-0.1, -0.05) is 12.1 Å². The van der Waals surface area contributed by atoms with Gasteiger partial charge < -0.3 is 19.5 Å². The summed E-state index contributed by atoms with van der Waals surface area (Å²) in [7, 11) is 1.68. The van der Waals surface area contributed by atoms with Crippen LogP contribution in [0.3, 0.4) is 0 Å². The van der Waals surface area contributed by atoms with Crippen molar-refractivity contribution >= 4 is 0 Å². The van der Waals surface area contributed by atoms with E-state index >= 15 is 0 Å². The van der Waals surface area contributed by atoms with E-state index in [1.807, 2.05) is 26.0 Å². The van der Waals surface area contributed by atoms with Gasteiger partial charge in [0.15, 0.2) is 6.29 Å². The molecule has 1 rings (SSSR count). The highest BCUT2D eigenvalue weighted by Gasteiger charge is 2.06. The minimum Gasteiger partial charge on any atom is -0.497 e. The number of hydrogen-bond donors (Lipinski definition) is 1. The highest BCUT2D eigenvalue weighted by Crippen LogP contribution is 2.11. The average Bonchev–Trinajstić information content (AvgIpc) is 2.44. The van der Waals surface area contributed by atoms with Crippen LogP contribution in [0, 0.1) is 0 Å². The lowest BCUT2D eigenvalue weighted by Crippen LogP contribution is -2.32. The predicted octanol–water partition coefficient (Wildman–Crippen LogP) is 2.23. The molecule has 19 heavy (non-hydrogen) atoms. The second-order valence-electron chi connectivity index (χ2n) is 4.14. The van der Waals surface area contributed by atoms with E-state index in [9.17, 15) is 0 Å². The smallest absolute Gasteiger partial charge is 0.169 e. The van der Waals surface area contributed by atoms with Crippen LogP contribution in [0.1, 0.15) is 19.4 Å². The highest BCUT2D eigenvalue weighted by atomic mass is 16.7. The Kier molecular flexibility index (Phi) is 8.21. The van der Waals surface area contributed by atoms with Crippen LogP contribution >= 0.6 is 0 Å². The molecule has 0 radical (unpaired) electrons. The summed E-state index contributed by atoms with van der Waals surface area (Å²) in [6, 6.07) is 8.14. The minimum atomic E-state index is -0.147. The molecule has 0 aliphatic rings. The summed E-state index contributed by atoms with van der Waals surface area (Å²) >= 11 is 0. The topological polar surface area (TPSA) is 39.7 Å². The molecule has 0 fully saturated rings. The number of ether oxygens (including phenoxy) is 3. The van der Waals surface area contributed by atoms with Crippen molar-refractivity contribution in [1.29, 1.82) is 0 Å². The Morgan fingerprint density at radius 1 is 1.05 bits per heavy atom. The van der Waals surface area contributed by atoms with Crippen molar-refractivity contribution in [2.45, 2.75) is 26.6 Å². The minimum absolute atomic E-state index is 0.147. The zero-order chi connectivity index (χ0) is 13.9. The fourth-order valence-electron chi connectivity index (χ4n) is 1.78. The zero-order valence-corrected chi connectivity index (χ0v) is 12.1. The van der Waals surface area contributed by atoms with E-state index in [-0.39, 0.29) is 6.29 Å². The van der Waals surface area contributed by atoms with Gasteiger partial charge in [-0.25, -0.2) is 0 Å². The summed E-state index contributed by atoms with van der Waals surface area (Å²) in [5, 5.41) is 3.35. The second kappa shape index (κ2) is 9.78. The van der Waals surface area contributed by atoms with Crippen molar-refractivity contribution in [3.05, 3.63) is 29.8 Å². The van der Waals surface area contributed by atoms with E-state index in [0.29, 0.717) is 13.2 Å². The molecule has 0 saturated heterocycles. The van der Waals surface area contributed by atoms with Crippen LogP contribution in [0.4, 0.5) is 0 Å². The standard InChI is InChI=1S/C15H25NO3/c1-4-18-15(19-5-2)12-16-11-10-13-6-8-14(17-3)9-7-13/h6-9,15-16H,4-5,10-12H2,1-3H3. The predicted molar refractivity (Wildman–Crippen MR) is 76.6 cm³/mol. The molecule has 4 heteroatoms. The summed E-state index contributed by atoms with van der Waals surface area (Å²) in [5.74, 6) is 0.893. The lowest BCUT2D eigenvalue weighted by atomic mass is 10.1. The fraction of sp³-hybridized carbons (Fsp3) is 0.600. The van der Waals surface area contributed by atoms with E-state index in [2.05, 4.69) is 17.4 Å². The van der Waals surface area contributed by atoms with Gasteiger partial charge in [0.25, 0.3) is 0 Å². The summed E-state index contributed by atoms with van der Waals surface area (Å²) < 4.78 is 16.1. The fourth-order valence-corrected chi connectivity index (χ4v) is 1.78. The molecule has 0 aromatic heterocycles. The van der Waals surface area contributed by atoms with Crippen LogP contribution in [0.25, 0.3) is 0 Å².